The number of anilines is 2. The second kappa shape index (κ2) is 6.77. The van der Waals surface area contributed by atoms with Crippen LogP contribution in [-0.2, 0) is 0 Å². The summed E-state index contributed by atoms with van der Waals surface area (Å²) < 4.78 is 0. The number of hydrogen-bond acceptors (Lipinski definition) is 3. The van der Waals surface area contributed by atoms with Crippen LogP contribution >= 0.6 is 0 Å². The molecule has 0 spiro atoms. The molecule has 3 nitrogen and oxygen atoms in total. The van der Waals surface area contributed by atoms with E-state index in [0.717, 1.165) is 13.1 Å². The van der Waals surface area contributed by atoms with Crippen LogP contribution in [0.4, 0.5) is 11.4 Å². The minimum Gasteiger partial charge on any atom is -0.290 e. The van der Waals surface area contributed by atoms with Crippen LogP contribution in [0.15, 0.2) is 91.0 Å². The van der Waals surface area contributed by atoms with Gasteiger partial charge in [-0.2, -0.15) is 0 Å². The fourth-order valence-electron chi connectivity index (χ4n) is 3.20. The van der Waals surface area contributed by atoms with Crippen LogP contribution in [0.3, 0.4) is 0 Å². The molecule has 0 atom stereocenters. The molecule has 1 aliphatic heterocycles. The van der Waals surface area contributed by atoms with Gasteiger partial charge in [-0.1, -0.05) is 66.7 Å². The SMILES string of the molecule is c1ccc(C2CN(c3ccccc3)NN(c3ccccc3)C2)cc1. The Kier molecular flexibility index (Phi) is 4.17. The van der Waals surface area contributed by atoms with Crippen molar-refractivity contribution in [3.63, 3.8) is 0 Å². The maximum Gasteiger partial charge on any atom is 0.0537 e. The Morgan fingerprint density at radius 3 is 1.46 bits per heavy atom. The zero-order valence-electron chi connectivity index (χ0n) is 13.5. The molecule has 4 rings (SSSR count). The van der Waals surface area contributed by atoms with Gasteiger partial charge < -0.3 is 0 Å². The third-order valence-corrected chi connectivity index (χ3v) is 4.45. The van der Waals surface area contributed by atoms with Crippen molar-refractivity contribution >= 4 is 11.4 Å². The number of nitrogens with zero attached hydrogens (tertiary/aromatic N) is 2. The lowest BCUT2D eigenvalue weighted by Crippen LogP contribution is -2.58. The lowest BCUT2D eigenvalue weighted by Gasteiger charge is -2.43. The van der Waals surface area contributed by atoms with E-state index in [1.54, 1.807) is 0 Å². The van der Waals surface area contributed by atoms with Crippen LogP contribution in [0.25, 0.3) is 0 Å². The molecular weight excluding hydrogens is 294 g/mol. The first kappa shape index (κ1) is 14.8. The van der Waals surface area contributed by atoms with E-state index in [1.165, 1.54) is 16.9 Å². The molecule has 0 aromatic heterocycles. The minimum absolute atomic E-state index is 0.438. The number of hydrazine groups is 2. The molecule has 0 amide bonds. The largest absolute Gasteiger partial charge is 0.290 e. The van der Waals surface area contributed by atoms with Gasteiger partial charge in [0.15, 0.2) is 0 Å². The van der Waals surface area contributed by atoms with Crippen molar-refractivity contribution < 1.29 is 0 Å². The highest BCUT2D eigenvalue weighted by Crippen LogP contribution is 2.27. The highest BCUT2D eigenvalue weighted by molar-refractivity contribution is 5.51. The molecule has 120 valence electrons. The monoisotopic (exact) mass is 315 g/mol. The molecule has 1 N–H and O–H groups in total. The van der Waals surface area contributed by atoms with Crippen molar-refractivity contribution in [2.75, 3.05) is 23.1 Å². The number of nitrogens with one attached hydrogen (secondary N) is 1. The van der Waals surface area contributed by atoms with E-state index in [0.29, 0.717) is 5.92 Å². The molecule has 1 aliphatic rings. The zero-order valence-corrected chi connectivity index (χ0v) is 13.5. The maximum absolute atomic E-state index is 3.55. The van der Waals surface area contributed by atoms with E-state index >= 15 is 0 Å². The lowest BCUT2D eigenvalue weighted by molar-refractivity contribution is 0.458. The van der Waals surface area contributed by atoms with Crippen molar-refractivity contribution in [3.8, 4) is 0 Å². The number of para-hydroxylation sites is 2. The fraction of sp³-hybridized carbons (Fsp3) is 0.143. The third-order valence-electron chi connectivity index (χ3n) is 4.45. The quantitative estimate of drug-likeness (QED) is 0.781. The van der Waals surface area contributed by atoms with Gasteiger partial charge >= 0.3 is 0 Å². The molecule has 3 aromatic rings. The Morgan fingerprint density at radius 1 is 0.583 bits per heavy atom. The van der Waals surface area contributed by atoms with E-state index < -0.39 is 0 Å². The first-order chi connectivity index (χ1) is 11.9. The van der Waals surface area contributed by atoms with Gasteiger partial charge in [0.25, 0.3) is 0 Å². The normalized spacial score (nSPS) is 15.5. The van der Waals surface area contributed by atoms with Gasteiger partial charge in [-0.25, -0.2) is 0 Å². The van der Waals surface area contributed by atoms with Gasteiger partial charge in [0.1, 0.15) is 0 Å². The first-order valence-electron chi connectivity index (χ1n) is 8.36. The molecule has 1 saturated heterocycles. The second-order valence-corrected chi connectivity index (χ2v) is 6.10. The molecule has 0 radical (unpaired) electrons. The molecule has 0 unspecified atom stereocenters. The van der Waals surface area contributed by atoms with Crippen LogP contribution < -0.4 is 15.6 Å². The third kappa shape index (κ3) is 3.12. The summed E-state index contributed by atoms with van der Waals surface area (Å²) in [6.07, 6.45) is 0. The highest BCUT2D eigenvalue weighted by atomic mass is 15.8. The molecule has 0 saturated carbocycles. The molecule has 24 heavy (non-hydrogen) atoms. The summed E-state index contributed by atoms with van der Waals surface area (Å²) in [7, 11) is 0. The van der Waals surface area contributed by atoms with Gasteiger partial charge in [0.2, 0.25) is 0 Å². The van der Waals surface area contributed by atoms with Crippen molar-refractivity contribution in [3.05, 3.63) is 96.6 Å². The summed E-state index contributed by atoms with van der Waals surface area (Å²) in [6.45, 7) is 1.88. The van der Waals surface area contributed by atoms with Crippen LogP contribution in [0, 0.1) is 0 Å². The Labute approximate surface area is 143 Å². The van der Waals surface area contributed by atoms with E-state index in [1.807, 2.05) is 0 Å². The highest BCUT2D eigenvalue weighted by Gasteiger charge is 2.26. The van der Waals surface area contributed by atoms with Crippen molar-refractivity contribution in [1.29, 1.82) is 0 Å². The van der Waals surface area contributed by atoms with Crippen LogP contribution in [0.2, 0.25) is 0 Å². The molecule has 1 fully saturated rings. The lowest BCUT2D eigenvalue weighted by atomic mass is 9.97. The number of benzene rings is 3. The van der Waals surface area contributed by atoms with Gasteiger partial charge in [-0.15, -0.1) is 5.53 Å². The smallest absolute Gasteiger partial charge is 0.0537 e. The summed E-state index contributed by atoms with van der Waals surface area (Å²) in [5.74, 6) is 0.438. The molecule has 1 heterocycles. The second-order valence-electron chi connectivity index (χ2n) is 6.10. The minimum atomic E-state index is 0.438. The predicted molar refractivity (Wildman–Crippen MR) is 99.9 cm³/mol. The Bertz CT molecular complexity index is 645. The predicted octanol–water partition coefficient (Wildman–Crippen LogP) is 4.22. The van der Waals surface area contributed by atoms with Gasteiger partial charge in [0.05, 0.1) is 11.4 Å². The van der Waals surface area contributed by atoms with Gasteiger partial charge in [-0.05, 0) is 29.8 Å². The summed E-state index contributed by atoms with van der Waals surface area (Å²) in [5.41, 5.74) is 7.29. The Hall–Kier alpha value is -2.78. The molecule has 0 bridgehead atoms. The summed E-state index contributed by atoms with van der Waals surface area (Å²) in [4.78, 5) is 0. The number of rotatable bonds is 3. The first-order valence-corrected chi connectivity index (χ1v) is 8.36. The van der Waals surface area contributed by atoms with Crippen molar-refractivity contribution in [2.24, 2.45) is 0 Å². The summed E-state index contributed by atoms with van der Waals surface area (Å²) in [5, 5.41) is 4.46. The molecular formula is C21H21N3. The molecule has 3 aromatic carbocycles. The average molecular weight is 315 g/mol. The van der Waals surface area contributed by atoms with E-state index in [2.05, 4.69) is 107 Å². The van der Waals surface area contributed by atoms with Gasteiger partial charge in [0, 0.05) is 19.0 Å². The van der Waals surface area contributed by atoms with E-state index in [-0.39, 0.29) is 0 Å². The Morgan fingerprint density at radius 2 is 1.00 bits per heavy atom. The standard InChI is InChI=1S/C21H21N3/c1-4-10-18(11-5-1)19-16-23(20-12-6-2-7-13-20)22-24(17-19)21-14-8-3-9-15-21/h1-15,19,22H,16-17H2. The number of hydrogen-bond donors (Lipinski definition) is 1. The average Bonchev–Trinajstić information content (AvgIpc) is 2.70. The van der Waals surface area contributed by atoms with Crippen molar-refractivity contribution in [2.45, 2.75) is 5.92 Å². The summed E-state index contributed by atoms with van der Waals surface area (Å²) in [6, 6.07) is 31.8. The van der Waals surface area contributed by atoms with Crippen LogP contribution in [-0.4, -0.2) is 13.1 Å². The molecule has 0 aliphatic carbocycles. The topological polar surface area (TPSA) is 18.5 Å². The zero-order chi connectivity index (χ0) is 16.2. The fourth-order valence-corrected chi connectivity index (χ4v) is 3.20. The summed E-state index contributed by atoms with van der Waals surface area (Å²) >= 11 is 0. The van der Waals surface area contributed by atoms with Crippen LogP contribution in [0.1, 0.15) is 11.5 Å². The van der Waals surface area contributed by atoms with E-state index in [4.69, 9.17) is 0 Å². The van der Waals surface area contributed by atoms with Crippen molar-refractivity contribution in [1.82, 2.24) is 5.53 Å². The van der Waals surface area contributed by atoms with Crippen LogP contribution in [0.5, 0.6) is 0 Å². The maximum atomic E-state index is 3.55. The van der Waals surface area contributed by atoms with E-state index in [9.17, 15) is 0 Å². The molecule has 3 heteroatoms. The Balaban J connectivity index is 1.66. The van der Waals surface area contributed by atoms with Gasteiger partial charge in [-0.3, -0.25) is 10.0 Å².